The maximum absolute atomic E-state index is 12.7. The fraction of sp³-hybridized carbons (Fsp3) is 0.217. The van der Waals surface area contributed by atoms with E-state index in [0.29, 0.717) is 47.2 Å². The first kappa shape index (κ1) is 49.8. The number of carbonyl (C=O) groups excluding carboxylic acids is 1. The van der Waals surface area contributed by atoms with Crippen molar-refractivity contribution in [3.8, 4) is 23.0 Å². The highest BCUT2D eigenvalue weighted by Crippen LogP contribution is 2.30. The Morgan fingerprint density at radius 3 is 1.45 bits per heavy atom. The molecule has 6 aromatic rings. The Morgan fingerprint density at radius 2 is 1.00 bits per heavy atom. The third-order valence-corrected chi connectivity index (χ3v) is 13.4. The number of amides is 1. The van der Waals surface area contributed by atoms with E-state index in [4.69, 9.17) is 29.2 Å². The summed E-state index contributed by atoms with van der Waals surface area (Å²) in [6, 6.07) is 35.7. The Hall–Kier alpha value is -7.16. The van der Waals surface area contributed by atoms with Crippen LogP contribution >= 0.6 is 11.3 Å². The number of carbonyl (C=O) groups is 3. The summed E-state index contributed by atoms with van der Waals surface area (Å²) >= 11 is 0.873. The van der Waals surface area contributed by atoms with Crippen LogP contribution in [-0.2, 0) is 47.3 Å². The predicted octanol–water partition coefficient (Wildman–Crippen LogP) is 7.65. The number of carboxylic acids is 2. The summed E-state index contributed by atoms with van der Waals surface area (Å²) in [5, 5.41) is 20.4. The summed E-state index contributed by atoms with van der Waals surface area (Å²) in [5.74, 6) is 0.292. The number of aromatic nitrogens is 1. The van der Waals surface area contributed by atoms with E-state index in [1.165, 1.54) is 19.1 Å². The lowest BCUT2D eigenvalue weighted by molar-refractivity contribution is -0.138. The molecule has 1 heterocycles. The van der Waals surface area contributed by atoms with Gasteiger partial charge in [0.05, 0.1) is 10.6 Å². The van der Waals surface area contributed by atoms with Crippen LogP contribution < -0.4 is 33.7 Å². The van der Waals surface area contributed by atoms with Gasteiger partial charge in [0.1, 0.15) is 49.4 Å². The van der Waals surface area contributed by atoms with Gasteiger partial charge in [-0.2, -0.15) is 0 Å². The molecule has 20 heteroatoms. The maximum Gasteiger partial charge on any atom is 0.303 e. The lowest BCUT2D eigenvalue weighted by Crippen LogP contribution is -2.13. The Labute approximate surface area is 386 Å². The second kappa shape index (κ2) is 24.2. The summed E-state index contributed by atoms with van der Waals surface area (Å²) < 4.78 is 77.9. The number of thiazole rings is 1. The first-order chi connectivity index (χ1) is 31.6. The van der Waals surface area contributed by atoms with E-state index in [2.05, 4.69) is 19.7 Å². The molecule has 1 aromatic heterocycles. The molecule has 0 radical (unpaired) electrons. The summed E-state index contributed by atoms with van der Waals surface area (Å²) in [4.78, 5) is 37.0. The van der Waals surface area contributed by atoms with Crippen molar-refractivity contribution in [2.45, 2.75) is 48.6 Å². The van der Waals surface area contributed by atoms with E-state index < -0.39 is 32.0 Å². The summed E-state index contributed by atoms with van der Waals surface area (Å²) in [7, 11) is -7.52. The molecule has 0 bridgehead atoms. The van der Waals surface area contributed by atoms with Gasteiger partial charge < -0.3 is 34.5 Å². The van der Waals surface area contributed by atoms with Gasteiger partial charge >= 0.3 is 11.9 Å². The van der Waals surface area contributed by atoms with Crippen molar-refractivity contribution in [2.24, 2.45) is 0 Å². The van der Waals surface area contributed by atoms with Gasteiger partial charge in [-0.25, -0.2) is 21.8 Å². The number of hydrogen-bond acceptors (Lipinski definition) is 13. The fourth-order valence-corrected chi connectivity index (χ4v) is 9.50. The molecule has 0 unspecified atom stereocenters. The number of anilines is 3. The van der Waals surface area contributed by atoms with Crippen LogP contribution in [0.25, 0.3) is 0 Å². The second-order valence-electron chi connectivity index (χ2n) is 14.0. The third kappa shape index (κ3) is 16.1. The molecule has 0 spiro atoms. The minimum atomic E-state index is -3.88. The van der Waals surface area contributed by atoms with Crippen LogP contribution in [0.15, 0.2) is 136 Å². The highest BCUT2D eigenvalue weighted by atomic mass is 32.2. The van der Waals surface area contributed by atoms with E-state index in [0.717, 1.165) is 22.5 Å². The zero-order valence-corrected chi connectivity index (χ0v) is 38.3. The van der Waals surface area contributed by atoms with Gasteiger partial charge in [0.2, 0.25) is 5.91 Å². The van der Waals surface area contributed by atoms with Gasteiger partial charge in [0.15, 0.2) is 9.34 Å². The van der Waals surface area contributed by atoms with E-state index in [9.17, 15) is 31.2 Å². The van der Waals surface area contributed by atoms with Crippen LogP contribution in [0.1, 0.15) is 36.6 Å². The molecule has 348 valence electrons. The van der Waals surface area contributed by atoms with Crippen molar-refractivity contribution in [3.63, 3.8) is 0 Å². The molecule has 6 rings (SSSR count). The van der Waals surface area contributed by atoms with Gasteiger partial charge in [0, 0.05) is 31.1 Å². The first-order valence-electron chi connectivity index (χ1n) is 20.2. The van der Waals surface area contributed by atoms with Crippen LogP contribution in [0.3, 0.4) is 0 Å². The van der Waals surface area contributed by atoms with Crippen LogP contribution in [-0.4, -0.2) is 76.3 Å². The summed E-state index contributed by atoms with van der Waals surface area (Å²) in [5.41, 5.74) is 2.71. The molecule has 0 saturated heterocycles. The van der Waals surface area contributed by atoms with E-state index in [1.807, 2.05) is 36.4 Å². The molecule has 0 aliphatic carbocycles. The number of ether oxygens (including phenoxy) is 4. The van der Waals surface area contributed by atoms with E-state index in [1.54, 1.807) is 85.8 Å². The molecule has 17 nitrogen and oxygen atoms in total. The molecular weight excluding hydrogens is 913 g/mol. The minimum Gasteiger partial charge on any atom is -0.490 e. The lowest BCUT2D eigenvalue weighted by atomic mass is 10.1. The Kier molecular flexibility index (Phi) is 18.3. The fourth-order valence-electron chi connectivity index (χ4n) is 5.90. The molecule has 0 fully saturated rings. The number of nitrogens with zero attached hydrogens (tertiary/aromatic N) is 1. The number of aryl methyl sites for hydroxylation is 3. The molecule has 66 heavy (non-hydrogen) atoms. The summed E-state index contributed by atoms with van der Waals surface area (Å²) in [6.45, 7) is 3.93. The minimum absolute atomic E-state index is 0.0161. The number of carboxylic acid groups (broad SMARTS) is 2. The average molecular weight is 961 g/mol. The van der Waals surface area contributed by atoms with Crippen molar-refractivity contribution in [1.82, 2.24) is 4.98 Å². The predicted molar refractivity (Wildman–Crippen MR) is 249 cm³/mol. The zero-order valence-electron chi connectivity index (χ0n) is 35.8. The standard InChI is InChI=1S/C23H25N3O7S2.C23H23NO6S/c1-15-22(34-23(24-15)25-16(2)27)35(30,31)26-18-8-10-19(11-9-18)32-13-14-33-20-6-4-3-5-17(20)7-12-21(28)29;25-23(26)15-10-18-6-4-5-9-22(18)30-17-16-29-20-13-11-19(12-14-20)24-31(27,28)21-7-2-1-3-8-21/h3-6,8-11,26H,7,12-14H2,1-2H3,(H,28,29)(H,24,25,27);1-9,11-14,24H,10,15-17H2,(H,25,26). The van der Waals surface area contributed by atoms with Crippen molar-refractivity contribution in [2.75, 3.05) is 41.2 Å². The average Bonchev–Trinajstić information content (AvgIpc) is 3.67. The third-order valence-electron chi connectivity index (χ3n) is 8.93. The van der Waals surface area contributed by atoms with Crippen LogP contribution in [0.2, 0.25) is 0 Å². The van der Waals surface area contributed by atoms with Gasteiger partial charge in [-0.3, -0.25) is 23.8 Å². The molecule has 1 amide bonds. The monoisotopic (exact) mass is 960 g/mol. The highest BCUT2D eigenvalue weighted by molar-refractivity contribution is 7.94. The molecule has 0 atom stereocenters. The van der Waals surface area contributed by atoms with Gasteiger partial charge in [-0.1, -0.05) is 65.9 Å². The van der Waals surface area contributed by atoms with Gasteiger partial charge in [0.25, 0.3) is 20.0 Å². The van der Waals surface area contributed by atoms with Gasteiger partial charge in [-0.05, 0) is 104 Å². The SMILES string of the molecule is CC(=O)Nc1nc(C)c(S(=O)(=O)Nc2ccc(OCCOc3ccccc3CCC(=O)O)cc2)s1.O=C(O)CCc1ccccc1OCCOc1ccc(NS(=O)(=O)c2ccccc2)cc1. The van der Waals surface area contributed by atoms with Crippen LogP contribution in [0, 0.1) is 6.92 Å². The zero-order chi connectivity index (χ0) is 47.5. The van der Waals surface area contributed by atoms with E-state index in [-0.39, 0.29) is 65.1 Å². The second-order valence-corrected chi connectivity index (χ2v) is 18.6. The first-order valence-corrected chi connectivity index (χ1v) is 24.0. The molecule has 5 N–H and O–H groups in total. The van der Waals surface area contributed by atoms with Crippen molar-refractivity contribution in [1.29, 1.82) is 0 Å². The normalized spacial score (nSPS) is 11.0. The number of benzene rings is 5. The van der Waals surface area contributed by atoms with Crippen molar-refractivity contribution < 1.29 is 60.4 Å². The maximum atomic E-state index is 12.7. The molecule has 0 saturated carbocycles. The Bertz CT molecular complexity index is 2770. The quantitative estimate of drug-likeness (QED) is 0.0388. The Balaban J connectivity index is 0.000000249. The highest BCUT2D eigenvalue weighted by Gasteiger charge is 2.23. The molecule has 0 aliphatic rings. The van der Waals surface area contributed by atoms with Crippen LogP contribution in [0.4, 0.5) is 16.5 Å². The largest absolute Gasteiger partial charge is 0.490 e. The number of rotatable bonds is 23. The molecule has 0 aliphatic heterocycles. The van der Waals surface area contributed by atoms with Gasteiger partial charge in [-0.15, -0.1) is 0 Å². The number of para-hydroxylation sites is 2. The number of nitrogens with one attached hydrogen (secondary N) is 3. The molecular formula is C46H48N4O13S3. The lowest BCUT2D eigenvalue weighted by Gasteiger charge is -2.12. The van der Waals surface area contributed by atoms with Crippen molar-refractivity contribution >= 4 is 65.7 Å². The summed E-state index contributed by atoms with van der Waals surface area (Å²) in [6.07, 6.45) is 0.829. The Morgan fingerprint density at radius 1 is 0.576 bits per heavy atom. The van der Waals surface area contributed by atoms with Crippen molar-refractivity contribution in [3.05, 3.63) is 144 Å². The number of sulfonamides is 2. The number of aliphatic carboxylic acids is 2. The number of hydrogen-bond donors (Lipinski definition) is 5. The topological polar surface area (TPSA) is 246 Å². The molecule has 5 aromatic carbocycles. The van der Waals surface area contributed by atoms with Crippen LogP contribution in [0.5, 0.6) is 23.0 Å². The smallest absolute Gasteiger partial charge is 0.303 e. The van der Waals surface area contributed by atoms with E-state index >= 15 is 0 Å².